The summed E-state index contributed by atoms with van der Waals surface area (Å²) >= 11 is 0. The average Bonchev–Trinajstić information content (AvgIpc) is 3.14. The Labute approximate surface area is 158 Å². The van der Waals surface area contributed by atoms with Gasteiger partial charge in [-0.05, 0) is 43.2 Å². The summed E-state index contributed by atoms with van der Waals surface area (Å²) < 4.78 is 11.5. The van der Waals surface area contributed by atoms with Crippen LogP contribution in [0.5, 0.6) is 0 Å². The van der Waals surface area contributed by atoms with Crippen molar-refractivity contribution in [3.8, 4) is 0 Å². The highest BCUT2D eigenvalue weighted by Crippen LogP contribution is 2.32. The van der Waals surface area contributed by atoms with Crippen LogP contribution < -0.4 is 10.2 Å². The zero-order valence-corrected chi connectivity index (χ0v) is 15.7. The molecule has 2 saturated heterocycles. The average molecular weight is 368 g/mol. The Morgan fingerprint density at radius 2 is 1.81 bits per heavy atom. The second-order valence-electron chi connectivity index (χ2n) is 7.07. The molecule has 7 nitrogen and oxygen atoms in total. The number of piperidine rings is 1. The Morgan fingerprint density at radius 3 is 2.48 bits per heavy atom. The van der Waals surface area contributed by atoms with Crippen molar-refractivity contribution in [2.24, 2.45) is 0 Å². The zero-order chi connectivity index (χ0) is 18.9. The van der Waals surface area contributed by atoms with Crippen molar-refractivity contribution in [1.29, 1.82) is 0 Å². The Bertz CT molecular complexity index is 822. The normalized spacial score (nSPS) is 18.7. The summed E-state index contributed by atoms with van der Waals surface area (Å²) in [6, 6.07) is 9.39. The molecule has 2 aliphatic heterocycles. The van der Waals surface area contributed by atoms with Crippen molar-refractivity contribution in [2.75, 3.05) is 36.5 Å². The fourth-order valence-electron chi connectivity index (χ4n) is 3.55. The first-order valence-electron chi connectivity index (χ1n) is 9.30. The number of aromatic nitrogens is 2. The Balaban J connectivity index is 1.40. The van der Waals surface area contributed by atoms with Gasteiger partial charge in [-0.2, -0.15) is 0 Å². The van der Waals surface area contributed by atoms with Gasteiger partial charge in [-0.25, -0.2) is 0 Å². The number of carbonyl (C=O) groups is 1. The molecule has 2 aromatic rings. The zero-order valence-electron chi connectivity index (χ0n) is 15.7. The second-order valence-corrected chi connectivity index (χ2v) is 7.07. The summed E-state index contributed by atoms with van der Waals surface area (Å²) in [5.41, 5.74) is 3.28. The number of ether oxygens (including phenoxy) is 2. The first kappa shape index (κ1) is 17.9. The maximum absolute atomic E-state index is 12.5. The van der Waals surface area contributed by atoms with E-state index < -0.39 is 5.79 Å². The molecule has 1 N–H and O–H groups in total. The summed E-state index contributed by atoms with van der Waals surface area (Å²) in [5.74, 6) is 0.106. The quantitative estimate of drug-likeness (QED) is 0.898. The van der Waals surface area contributed by atoms with Crippen molar-refractivity contribution in [1.82, 2.24) is 10.2 Å². The molecule has 4 rings (SSSR count). The highest BCUT2D eigenvalue weighted by atomic mass is 16.7. The van der Waals surface area contributed by atoms with Crippen molar-refractivity contribution in [2.45, 2.75) is 32.5 Å². The highest BCUT2D eigenvalue weighted by molar-refractivity contribution is 6.03. The van der Waals surface area contributed by atoms with Crippen LogP contribution in [0.4, 0.5) is 11.5 Å². The van der Waals surface area contributed by atoms with Crippen LogP contribution in [0, 0.1) is 13.8 Å². The Kier molecular flexibility index (Phi) is 4.80. The third-order valence-electron chi connectivity index (χ3n) is 5.40. The van der Waals surface area contributed by atoms with Gasteiger partial charge >= 0.3 is 0 Å². The molecule has 1 aromatic heterocycles. The molecule has 1 spiro atoms. The summed E-state index contributed by atoms with van der Waals surface area (Å²) in [6.07, 6.45) is 1.62. The third kappa shape index (κ3) is 3.65. The van der Waals surface area contributed by atoms with E-state index in [1.165, 1.54) is 0 Å². The smallest absolute Gasteiger partial charge is 0.276 e. The number of benzene rings is 1. The van der Waals surface area contributed by atoms with E-state index in [1.807, 2.05) is 38.1 Å². The molecule has 0 saturated carbocycles. The predicted molar refractivity (Wildman–Crippen MR) is 102 cm³/mol. The fourth-order valence-corrected chi connectivity index (χ4v) is 3.55. The number of aryl methyl sites for hydroxylation is 1. The minimum Gasteiger partial charge on any atom is -0.355 e. The lowest BCUT2D eigenvalue weighted by atomic mass is 10.0. The topological polar surface area (TPSA) is 76.6 Å². The van der Waals surface area contributed by atoms with Gasteiger partial charge < -0.3 is 19.7 Å². The number of nitrogens with zero attached hydrogens (tertiary/aromatic N) is 3. The van der Waals surface area contributed by atoms with Gasteiger partial charge in [-0.3, -0.25) is 4.79 Å². The maximum Gasteiger partial charge on any atom is 0.276 e. The molecule has 1 amide bonds. The minimum absolute atomic E-state index is 0.256. The van der Waals surface area contributed by atoms with Crippen LogP contribution in [0.25, 0.3) is 0 Å². The first-order valence-corrected chi connectivity index (χ1v) is 9.30. The van der Waals surface area contributed by atoms with Gasteiger partial charge in [0.2, 0.25) is 0 Å². The van der Waals surface area contributed by atoms with E-state index in [4.69, 9.17) is 9.47 Å². The lowest BCUT2D eigenvalue weighted by Crippen LogP contribution is -2.45. The summed E-state index contributed by atoms with van der Waals surface area (Å²) in [4.78, 5) is 14.6. The minimum atomic E-state index is -0.407. The molecule has 0 aliphatic carbocycles. The maximum atomic E-state index is 12.5. The van der Waals surface area contributed by atoms with Gasteiger partial charge in [-0.15, -0.1) is 10.2 Å². The van der Waals surface area contributed by atoms with Crippen LogP contribution in [-0.4, -0.2) is 48.2 Å². The van der Waals surface area contributed by atoms with Gasteiger partial charge in [0, 0.05) is 31.6 Å². The number of anilines is 2. The van der Waals surface area contributed by atoms with Crippen molar-refractivity contribution in [3.05, 3.63) is 47.2 Å². The van der Waals surface area contributed by atoms with Crippen LogP contribution >= 0.6 is 0 Å². The molecule has 2 fully saturated rings. The molecule has 0 radical (unpaired) electrons. The van der Waals surface area contributed by atoms with Crippen LogP contribution in [0.1, 0.15) is 34.5 Å². The number of amides is 1. The van der Waals surface area contributed by atoms with Gasteiger partial charge in [0.25, 0.3) is 5.91 Å². The van der Waals surface area contributed by atoms with E-state index in [0.717, 1.165) is 48.6 Å². The number of nitrogens with one attached hydrogen (secondary N) is 1. The number of hydrogen-bond donors (Lipinski definition) is 1. The van der Waals surface area contributed by atoms with Crippen molar-refractivity contribution in [3.63, 3.8) is 0 Å². The summed E-state index contributed by atoms with van der Waals surface area (Å²) in [6.45, 7) is 6.93. The van der Waals surface area contributed by atoms with E-state index in [-0.39, 0.29) is 5.91 Å². The first-order chi connectivity index (χ1) is 13.1. The standard InChI is InChI=1S/C20H24N4O3/c1-14-4-3-5-16(15(14)2)21-19(25)17-6-7-18(23-22-17)24-10-8-20(9-11-24)26-12-13-27-20/h3-7H,8-13H2,1-2H3,(H,21,25). The Hall–Kier alpha value is -2.51. The fraction of sp³-hybridized carbons (Fsp3) is 0.450. The molecule has 27 heavy (non-hydrogen) atoms. The monoisotopic (exact) mass is 368 g/mol. The summed E-state index contributed by atoms with van der Waals surface area (Å²) in [5, 5.41) is 11.3. The van der Waals surface area contributed by atoms with Gasteiger partial charge in [0.1, 0.15) is 0 Å². The molecule has 0 bridgehead atoms. The van der Waals surface area contributed by atoms with Crippen LogP contribution in [0.15, 0.2) is 30.3 Å². The van der Waals surface area contributed by atoms with Crippen molar-refractivity contribution >= 4 is 17.4 Å². The molecule has 3 heterocycles. The van der Waals surface area contributed by atoms with Gasteiger partial charge in [0.15, 0.2) is 17.3 Å². The molecule has 1 aromatic carbocycles. The number of rotatable bonds is 3. The van der Waals surface area contributed by atoms with E-state index in [2.05, 4.69) is 20.4 Å². The van der Waals surface area contributed by atoms with E-state index in [0.29, 0.717) is 18.9 Å². The summed E-state index contributed by atoms with van der Waals surface area (Å²) in [7, 11) is 0. The number of hydrogen-bond acceptors (Lipinski definition) is 6. The lowest BCUT2D eigenvalue weighted by molar-refractivity contribution is -0.169. The molecule has 2 aliphatic rings. The molecule has 0 unspecified atom stereocenters. The number of carbonyl (C=O) groups excluding carboxylic acids is 1. The van der Waals surface area contributed by atoms with Gasteiger partial charge in [-0.1, -0.05) is 12.1 Å². The molecule has 142 valence electrons. The highest BCUT2D eigenvalue weighted by Gasteiger charge is 2.40. The van der Waals surface area contributed by atoms with Crippen LogP contribution in [-0.2, 0) is 9.47 Å². The molecular weight excluding hydrogens is 344 g/mol. The molecular formula is C20H24N4O3. The second kappa shape index (κ2) is 7.25. The largest absolute Gasteiger partial charge is 0.355 e. The van der Waals surface area contributed by atoms with E-state index in [1.54, 1.807) is 6.07 Å². The predicted octanol–water partition coefficient (Wildman–Crippen LogP) is 2.69. The van der Waals surface area contributed by atoms with Crippen LogP contribution in [0.3, 0.4) is 0 Å². The van der Waals surface area contributed by atoms with E-state index >= 15 is 0 Å². The van der Waals surface area contributed by atoms with Gasteiger partial charge in [0.05, 0.1) is 13.2 Å². The molecule has 0 atom stereocenters. The lowest BCUT2D eigenvalue weighted by Gasteiger charge is -2.37. The molecule has 7 heteroatoms. The van der Waals surface area contributed by atoms with E-state index in [9.17, 15) is 4.79 Å². The SMILES string of the molecule is Cc1cccc(NC(=O)c2ccc(N3CCC4(CC3)OCCO4)nn2)c1C. The van der Waals surface area contributed by atoms with Crippen LogP contribution in [0.2, 0.25) is 0 Å². The Morgan fingerprint density at radius 1 is 1.07 bits per heavy atom. The van der Waals surface area contributed by atoms with Crippen molar-refractivity contribution < 1.29 is 14.3 Å². The third-order valence-corrected chi connectivity index (χ3v) is 5.40.